The Kier molecular flexibility index (Phi) is 4.32. The standard InChI is InChI=1S/C15H21N3S/c1-11-7-5-6-8-12(11)9-13-17-18-14(19-13)10-16-15(2,3)4/h5-8,16H,9-10H2,1-4H3. The second kappa shape index (κ2) is 5.80. The molecule has 0 aliphatic heterocycles. The summed E-state index contributed by atoms with van der Waals surface area (Å²) >= 11 is 1.69. The zero-order valence-corrected chi connectivity index (χ0v) is 12.8. The third-order valence-corrected chi connectivity index (χ3v) is 3.80. The predicted octanol–water partition coefficient (Wildman–Crippen LogP) is 3.33. The summed E-state index contributed by atoms with van der Waals surface area (Å²) in [6.07, 6.45) is 0.875. The van der Waals surface area contributed by atoms with Crippen molar-refractivity contribution in [1.82, 2.24) is 15.5 Å². The van der Waals surface area contributed by atoms with Gasteiger partial charge in [-0.2, -0.15) is 0 Å². The van der Waals surface area contributed by atoms with E-state index in [-0.39, 0.29) is 5.54 Å². The van der Waals surface area contributed by atoms with E-state index in [1.807, 2.05) is 0 Å². The minimum Gasteiger partial charge on any atom is -0.306 e. The normalized spacial score (nSPS) is 11.8. The van der Waals surface area contributed by atoms with E-state index in [2.05, 4.69) is 67.5 Å². The molecule has 19 heavy (non-hydrogen) atoms. The molecule has 102 valence electrons. The maximum atomic E-state index is 4.28. The van der Waals surface area contributed by atoms with Crippen LogP contribution >= 0.6 is 11.3 Å². The molecule has 2 rings (SSSR count). The lowest BCUT2D eigenvalue weighted by molar-refractivity contribution is 0.423. The molecule has 0 fully saturated rings. The quantitative estimate of drug-likeness (QED) is 0.930. The number of nitrogens with one attached hydrogen (secondary N) is 1. The van der Waals surface area contributed by atoms with Gasteiger partial charge in [0, 0.05) is 12.0 Å². The van der Waals surface area contributed by atoms with Crippen LogP contribution in [0.5, 0.6) is 0 Å². The Morgan fingerprint density at radius 2 is 1.79 bits per heavy atom. The third-order valence-electron chi connectivity index (χ3n) is 2.88. The highest BCUT2D eigenvalue weighted by Crippen LogP contribution is 2.17. The van der Waals surface area contributed by atoms with Gasteiger partial charge in [0.2, 0.25) is 0 Å². The smallest absolute Gasteiger partial charge is 0.131 e. The summed E-state index contributed by atoms with van der Waals surface area (Å²) in [6.45, 7) is 9.39. The molecule has 0 unspecified atom stereocenters. The number of hydrogen-bond donors (Lipinski definition) is 1. The Balaban J connectivity index is 2.00. The number of nitrogens with zero attached hydrogens (tertiary/aromatic N) is 2. The molecule has 0 radical (unpaired) electrons. The number of rotatable bonds is 4. The first-order chi connectivity index (χ1) is 8.94. The maximum absolute atomic E-state index is 4.28. The molecule has 0 atom stereocenters. The van der Waals surface area contributed by atoms with Gasteiger partial charge in [-0.05, 0) is 38.8 Å². The molecule has 0 aliphatic carbocycles. The monoisotopic (exact) mass is 275 g/mol. The van der Waals surface area contributed by atoms with Gasteiger partial charge in [-0.25, -0.2) is 0 Å². The molecule has 1 aromatic carbocycles. The van der Waals surface area contributed by atoms with Gasteiger partial charge < -0.3 is 5.32 Å². The average molecular weight is 275 g/mol. The Hall–Kier alpha value is -1.26. The Morgan fingerprint density at radius 3 is 2.47 bits per heavy atom. The third kappa shape index (κ3) is 4.40. The topological polar surface area (TPSA) is 37.8 Å². The van der Waals surface area contributed by atoms with E-state index in [9.17, 15) is 0 Å². The van der Waals surface area contributed by atoms with Gasteiger partial charge in [0.1, 0.15) is 10.0 Å². The van der Waals surface area contributed by atoms with Crippen molar-refractivity contribution in [1.29, 1.82) is 0 Å². The number of aromatic nitrogens is 2. The van der Waals surface area contributed by atoms with E-state index >= 15 is 0 Å². The molecule has 0 amide bonds. The van der Waals surface area contributed by atoms with Crippen molar-refractivity contribution in [2.24, 2.45) is 0 Å². The first-order valence-electron chi connectivity index (χ1n) is 6.55. The predicted molar refractivity (Wildman–Crippen MR) is 80.5 cm³/mol. The van der Waals surface area contributed by atoms with E-state index in [1.54, 1.807) is 11.3 Å². The fraction of sp³-hybridized carbons (Fsp3) is 0.467. The van der Waals surface area contributed by atoms with E-state index in [0.29, 0.717) is 0 Å². The Bertz CT molecular complexity index is 540. The average Bonchev–Trinajstić information content (AvgIpc) is 2.77. The summed E-state index contributed by atoms with van der Waals surface area (Å²) in [6, 6.07) is 8.44. The zero-order valence-electron chi connectivity index (χ0n) is 12.0. The van der Waals surface area contributed by atoms with Crippen molar-refractivity contribution in [3.63, 3.8) is 0 Å². The molecule has 0 bridgehead atoms. The van der Waals surface area contributed by atoms with Gasteiger partial charge in [-0.3, -0.25) is 0 Å². The lowest BCUT2D eigenvalue weighted by Crippen LogP contribution is -2.35. The number of benzene rings is 1. The summed E-state index contributed by atoms with van der Waals surface area (Å²) < 4.78 is 0. The van der Waals surface area contributed by atoms with Crippen LogP contribution in [0, 0.1) is 6.92 Å². The zero-order chi connectivity index (χ0) is 13.9. The van der Waals surface area contributed by atoms with Gasteiger partial charge in [-0.1, -0.05) is 35.6 Å². The molecule has 4 heteroatoms. The van der Waals surface area contributed by atoms with E-state index < -0.39 is 0 Å². The van der Waals surface area contributed by atoms with Crippen LogP contribution in [0.1, 0.15) is 41.9 Å². The first-order valence-corrected chi connectivity index (χ1v) is 7.36. The lowest BCUT2D eigenvalue weighted by Gasteiger charge is -2.19. The molecular weight excluding hydrogens is 254 g/mol. The molecule has 1 aromatic heterocycles. The summed E-state index contributed by atoms with van der Waals surface area (Å²) in [5.74, 6) is 0. The number of aryl methyl sites for hydroxylation is 1. The highest BCUT2D eigenvalue weighted by atomic mass is 32.1. The second-order valence-corrected chi connectivity index (χ2v) is 6.94. The van der Waals surface area contributed by atoms with Crippen molar-refractivity contribution < 1.29 is 0 Å². The van der Waals surface area contributed by atoms with Gasteiger partial charge in [0.15, 0.2) is 0 Å². The van der Waals surface area contributed by atoms with Gasteiger partial charge >= 0.3 is 0 Å². The molecule has 0 saturated carbocycles. The summed E-state index contributed by atoms with van der Waals surface area (Å²) in [5, 5.41) is 14.1. The van der Waals surface area contributed by atoms with Crippen LogP contribution in [0.25, 0.3) is 0 Å². The van der Waals surface area contributed by atoms with E-state index in [0.717, 1.165) is 23.0 Å². The Morgan fingerprint density at radius 1 is 1.11 bits per heavy atom. The molecule has 2 aromatic rings. The highest BCUT2D eigenvalue weighted by Gasteiger charge is 2.11. The van der Waals surface area contributed by atoms with Crippen LogP contribution in [0.2, 0.25) is 0 Å². The summed E-state index contributed by atoms with van der Waals surface area (Å²) in [4.78, 5) is 0. The molecule has 3 nitrogen and oxygen atoms in total. The first kappa shape index (κ1) is 14.2. The second-order valence-electron chi connectivity index (χ2n) is 5.80. The van der Waals surface area contributed by atoms with E-state index in [1.165, 1.54) is 11.1 Å². The van der Waals surface area contributed by atoms with Crippen molar-refractivity contribution in [2.75, 3.05) is 0 Å². The molecule has 0 spiro atoms. The van der Waals surface area contributed by atoms with Crippen LogP contribution < -0.4 is 5.32 Å². The minimum absolute atomic E-state index is 0.113. The molecule has 0 saturated heterocycles. The van der Waals surface area contributed by atoms with Crippen molar-refractivity contribution in [2.45, 2.75) is 46.2 Å². The molecule has 0 aliphatic rings. The maximum Gasteiger partial charge on any atom is 0.131 e. The van der Waals surface area contributed by atoms with Crippen LogP contribution in [-0.2, 0) is 13.0 Å². The fourth-order valence-electron chi connectivity index (χ4n) is 1.74. The van der Waals surface area contributed by atoms with Gasteiger partial charge in [0.05, 0.1) is 6.54 Å². The Labute approximate surface area is 119 Å². The summed E-state index contributed by atoms with van der Waals surface area (Å²) in [7, 11) is 0. The van der Waals surface area contributed by atoms with Crippen LogP contribution in [0.3, 0.4) is 0 Å². The van der Waals surface area contributed by atoms with Crippen LogP contribution in [0.15, 0.2) is 24.3 Å². The number of hydrogen-bond acceptors (Lipinski definition) is 4. The van der Waals surface area contributed by atoms with Crippen molar-refractivity contribution in [3.05, 3.63) is 45.4 Å². The summed E-state index contributed by atoms with van der Waals surface area (Å²) in [5.41, 5.74) is 2.75. The van der Waals surface area contributed by atoms with Gasteiger partial charge in [0.25, 0.3) is 0 Å². The molecule has 1 N–H and O–H groups in total. The van der Waals surface area contributed by atoms with E-state index in [4.69, 9.17) is 0 Å². The van der Waals surface area contributed by atoms with Crippen molar-refractivity contribution in [3.8, 4) is 0 Å². The van der Waals surface area contributed by atoms with Gasteiger partial charge in [-0.15, -0.1) is 10.2 Å². The van der Waals surface area contributed by atoms with Crippen molar-refractivity contribution >= 4 is 11.3 Å². The highest BCUT2D eigenvalue weighted by molar-refractivity contribution is 7.11. The molecule has 1 heterocycles. The largest absolute Gasteiger partial charge is 0.306 e. The minimum atomic E-state index is 0.113. The lowest BCUT2D eigenvalue weighted by atomic mass is 10.1. The SMILES string of the molecule is Cc1ccccc1Cc1nnc(CNC(C)(C)C)s1. The van der Waals surface area contributed by atoms with Crippen LogP contribution in [0.4, 0.5) is 0 Å². The van der Waals surface area contributed by atoms with Crippen LogP contribution in [-0.4, -0.2) is 15.7 Å². The fourth-order valence-corrected chi connectivity index (χ4v) is 2.55. The molecular formula is C15H21N3S.